The molecule has 0 aliphatic carbocycles. The summed E-state index contributed by atoms with van der Waals surface area (Å²) in [6, 6.07) is 17.1. The maximum absolute atomic E-state index is 13.9. The molecule has 3 rings (SSSR count). The lowest BCUT2D eigenvalue weighted by Gasteiger charge is -2.15. The first-order chi connectivity index (χ1) is 18.4. The molecule has 8 heteroatoms. The van der Waals surface area contributed by atoms with Crippen LogP contribution < -0.4 is 14.8 Å². The van der Waals surface area contributed by atoms with Crippen LogP contribution in [-0.4, -0.2) is 35.6 Å². The van der Waals surface area contributed by atoms with Crippen LogP contribution in [0.2, 0.25) is 0 Å². The maximum Gasteiger partial charge on any atom is 0.343 e. The number of hydrogen-bond donors (Lipinski definition) is 2. The molecule has 38 heavy (non-hydrogen) atoms. The highest BCUT2D eigenvalue weighted by molar-refractivity contribution is 5.96. The molecule has 0 bridgehead atoms. The summed E-state index contributed by atoms with van der Waals surface area (Å²) in [6.45, 7) is 2.81. The van der Waals surface area contributed by atoms with Crippen molar-refractivity contribution >= 4 is 17.8 Å². The molecule has 0 saturated heterocycles. The number of carbonyl (C=O) groups excluding carboxylic acids is 2. The summed E-state index contributed by atoms with van der Waals surface area (Å²) < 4.78 is 25.0. The van der Waals surface area contributed by atoms with Crippen LogP contribution in [0.25, 0.3) is 0 Å². The van der Waals surface area contributed by atoms with Crippen LogP contribution in [-0.2, 0) is 11.2 Å². The van der Waals surface area contributed by atoms with Crippen LogP contribution in [0.1, 0.15) is 65.3 Å². The van der Waals surface area contributed by atoms with Crippen molar-refractivity contribution in [2.24, 2.45) is 0 Å². The number of aliphatic carboxylic acids is 1. The molecule has 3 aromatic carbocycles. The summed E-state index contributed by atoms with van der Waals surface area (Å²) in [5, 5.41) is 11.9. The van der Waals surface area contributed by atoms with Gasteiger partial charge in [0.05, 0.1) is 17.7 Å². The van der Waals surface area contributed by atoms with Crippen LogP contribution in [0, 0.1) is 5.82 Å². The van der Waals surface area contributed by atoms with Crippen LogP contribution in [0.15, 0.2) is 72.8 Å². The standard InChI is InChI=1S/C30H32FNO6/c1-2-3-4-5-8-19-37-23-17-13-22(14-18-23)30(36)38-24-15-11-21(12-16-24)20-27(29(34)35)32-28(33)25-9-6-7-10-26(25)31/h6-7,9-18,27H,2-5,8,19-20H2,1H3,(H,32,33)(H,34,35)/t27-/m0/s1. The molecule has 0 spiro atoms. The van der Waals surface area contributed by atoms with Gasteiger partial charge in [-0.3, -0.25) is 4.79 Å². The van der Waals surface area contributed by atoms with E-state index in [1.165, 1.54) is 37.5 Å². The highest BCUT2D eigenvalue weighted by atomic mass is 19.1. The van der Waals surface area contributed by atoms with E-state index in [2.05, 4.69) is 12.2 Å². The van der Waals surface area contributed by atoms with E-state index in [0.717, 1.165) is 18.9 Å². The fourth-order valence-electron chi connectivity index (χ4n) is 3.76. The van der Waals surface area contributed by atoms with E-state index >= 15 is 0 Å². The number of rotatable bonds is 14. The zero-order chi connectivity index (χ0) is 27.3. The van der Waals surface area contributed by atoms with Crippen LogP contribution in [0.3, 0.4) is 0 Å². The lowest BCUT2D eigenvalue weighted by molar-refractivity contribution is -0.139. The van der Waals surface area contributed by atoms with Gasteiger partial charge in [0.2, 0.25) is 0 Å². The number of carboxylic acid groups (broad SMARTS) is 1. The van der Waals surface area contributed by atoms with E-state index in [1.54, 1.807) is 48.5 Å². The fourth-order valence-corrected chi connectivity index (χ4v) is 3.76. The average Bonchev–Trinajstić information content (AvgIpc) is 2.91. The number of ether oxygens (including phenoxy) is 2. The van der Waals surface area contributed by atoms with Gasteiger partial charge in [-0.1, -0.05) is 56.9 Å². The predicted molar refractivity (Wildman–Crippen MR) is 141 cm³/mol. The lowest BCUT2D eigenvalue weighted by Crippen LogP contribution is -2.42. The molecule has 0 radical (unpaired) electrons. The van der Waals surface area contributed by atoms with Gasteiger partial charge in [0.15, 0.2) is 0 Å². The van der Waals surface area contributed by atoms with Crippen molar-refractivity contribution in [1.29, 1.82) is 0 Å². The van der Waals surface area contributed by atoms with Crippen LogP contribution >= 0.6 is 0 Å². The van der Waals surface area contributed by atoms with Crippen molar-refractivity contribution in [2.75, 3.05) is 6.61 Å². The summed E-state index contributed by atoms with van der Waals surface area (Å²) in [4.78, 5) is 36.5. The number of nitrogens with one attached hydrogen (secondary N) is 1. The fraction of sp³-hybridized carbons (Fsp3) is 0.300. The normalized spacial score (nSPS) is 11.4. The first kappa shape index (κ1) is 28.4. The molecule has 0 aromatic heterocycles. The third-order valence-electron chi connectivity index (χ3n) is 5.90. The topological polar surface area (TPSA) is 102 Å². The minimum Gasteiger partial charge on any atom is -0.494 e. The molecule has 1 amide bonds. The molecule has 0 unspecified atom stereocenters. The van der Waals surface area contributed by atoms with E-state index in [0.29, 0.717) is 23.5 Å². The Morgan fingerprint density at radius 3 is 2.18 bits per heavy atom. The highest BCUT2D eigenvalue weighted by Crippen LogP contribution is 2.18. The van der Waals surface area contributed by atoms with Gasteiger partial charge in [-0.05, 0) is 60.5 Å². The molecule has 1 atom stereocenters. The third-order valence-corrected chi connectivity index (χ3v) is 5.90. The number of esters is 1. The number of halogens is 1. The van der Waals surface area contributed by atoms with Crippen LogP contribution in [0.5, 0.6) is 11.5 Å². The maximum atomic E-state index is 13.9. The van der Waals surface area contributed by atoms with E-state index in [1.807, 2.05) is 0 Å². The zero-order valence-corrected chi connectivity index (χ0v) is 21.3. The molecule has 0 fully saturated rings. The molecule has 0 aliphatic heterocycles. The Bertz CT molecular complexity index is 1210. The van der Waals surface area contributed by atoms with Gasteiger partial charge in [0.1, 0.15) is 23.4 Å². The molecule has 0 heterocycles. The second-order valence-electron chi connectivity index (χ2n) is 8.87. The Hall–Kier alpha value is -4.20. The smallest absolute Gasteiger partial charge is 0.343 e. The minimum atomic E-state index is -1.27. The second kappa shape index (κ2) is 14.5. The molecule has 200 valence electrons. The van der Waals surface area contributed by atoms with E-state index in [-0.39, 0.29) is 17.7 Å². The Morgan fingerprint density at radius 2 is 1.53 bits per heavy atom. The monoisotopic (exact) mass is 521 g/mol. The third kappa shape index (κ3) is 8.73. The number of hydrogen-bond acceptors (Lipinski definition) is 5. The molecule has 3 aromatic rings. The Balaban J connectivity index is 1.51. The number of amides is 1. The molecular formula is C30H32FNO6. The van der Waals surface area contributed by atoms with Crippen molar-refractivity contribution in [1.82, 2.24) is 5.32 Å². The number of benzene rings is 3. The van der Waals surface area contributed by atoms with Crippen LogP contribution in [0.4, 0.5) is 4.39 Å². The largest absolute Gasteiger partial charge is 0.494 e. The quantitative estimate of drug-likeness (QED) is 0.157. The summed E-state index contributed by atoms with van der Waals surface area (Å²) in [7, 11) is 0. The average molecular weight is 522 g/mol. The molecular weight excluding hydrogens is 489 g/mol. The first-order valence-electron chi connectivity index (χ1n) is 12.7. The van der Waals surface area contributed by atoms with Gasteiger partial charge in [-0.2, -0.15) is 0 Å². The summed E-state index contributed by atoms with van der Waals surface area (Å²) in [6.07, 6.45) is 5.73. The SMILES string of the molecule is CCCCCCCOc1ccc(C(=O)Oc2ccc(C[C@H](NC(=O)c3ccccc3F)C(=O)O)cc2)cc1. The van der Waals surface area contributed by atoms with Gasteiger partial charge < -0.3 is 19.9 Å². The number of carboxylic acids is 1. The molecule has 7 nitrogen and oxygen atoms in total. The van der Waals surface area contributed by atoms with Gasteiger partial charge >= 0.3 is 11.9 Å². The van der Waals surface area contributed by atoms with E-state index < -0.39 is 29.7 Å². The van der Waals surface area contributed by atoms with Gasteiger partial charge in [0, 0.05) is 6.42 Å². The van der Waals surface area contributed by atoms with Gasteiger partial charge in [0.25, 0.3) is 5.91 Å². The Morgan fingerprint density at radius 1 is 0.868 bits per heavy atom. The highest BCUT2D eigenvalue weighted by Gasteiger charge is 2.22. The summed E-state index contributed by atoms with van der Waals surface area (Å²) in [5.41, 5.74) is 0.719. The summed E-state index contributed by atoms with van der Waals surface area (Å²) >= 11 is 0. The first-order valence-corrected chi connectivity index (χ1v) is 12.7. The minimum absolute atomic E-state index is 0.0379. The van der Waals surface area contributed by atoms with E-state index in [4.69, 9.17) is 9.47 Å². The summed E-state index contributed by atoms with van der Waals surface area (Å²) in [5.74, 6) is -2.37. The zero-order valence-electron chi connectivity index (χ0n) is 21.3. The van der Waals surface area contributed by atoms with Gasteiger partial charge in [-0.15, -0.1) is 0 Å². The molecule has 0 aliphatic rings. The number of carbonyl (C=O) groups is 3. The Kier molecular flexibility index (Phi) is 10.8. The van der Waals surface area contributed by atoms with Crippen molar-refractivity contribution in [3.8, 4) is 11.5 Å². The lowest BCUT2D eigenvalue weighted by atomic mass is 10.0. The van der Waals surface area contributed by atoms with Gasteiger partial charge in [-0.25, -0.2) is 14.0 Å². The van der Waals surface area contributed by atoms with Crippen molar-refractivity contribution < 1.29 is 33.4 Å². The van der Waals surface area contributed by atoms with Crippen molar-refractivity contribution in [3.63, 3.8) is 0 Å². The van der Waals surface area contributed by atoms with Crippen molar-refractivity contribution in [2.45, 2.75) is 51.5 Å². The predicted octanol–water partition coefficient (Wildman–Crippen LogP) is 5.82. The second-order valence-corrected chi connectivity index (χ2v) is 8.87. The van der Waals surface area contributed by atoms with Crippen molar-refractivity contribution in [3.05, 3.63) is 95.3 Å². The Labute approximate surface area is 221 Å². The van der Waals surface area contributed by atoms with E-state index in [9.17, 15) is 23.9 Å². The molecule has 0 saturated carbocycles. The molecule has 2 N–H and O–H groups in total. The number of unbranched alkanes of at least 4 members (excludes halogenated alkanes) is 4.